The van der Waals surface area contributed by atoms with Crippen molar-refractivity contribution in [1.29, 1.82) is 0 Å². The van der Waals surface area contributed by atoms with Crippen molar-refractivity contribution in [2.45, 2.75) is 31.7 Å². The molecule has 1 aliphatic rings. The molecule has 0 aromatic carbocycles. The van der Waals surface area contributed by atoms with Gasteiger partial charge in [-0.15, -0.1) is 0 Å². The molecule has 1 amide bonds. The lowest BCUT2D eigenvalue weighted by Crippen LogP contribution is -2.43. The number of likely N-dealkylation sites (tertiary alicyclic amines) is 1. The van der Waals surface area contributed by atoms with Crippen molar-refractivity contribution in [3.05, 3.63) is 11.9 Å². The van der Waals surface area contributed by atoms with E-state index >= 15 is 0 Å². The molecule has 2 N–H and O–H groups in total. The van der Waals surface area contributed by atoms with Gasteiger partial charge in [0.15, 0.2) is 0 Å². The highest BCUT2D eigenvalue weighted by atomic mass is 16.4. The lowest BCUT2D eigenvalue weighted by molar-refractivity contribution is 0.106. The fourth-order valence-electron chi connectivity index (χ4n) is 2.13. The van der Waals surface area contributed by atoms with E-state index in [1.54, 1.807) is 6.20 Å². The highest BCUT2D eigenvalue weighted by Gasteiger charge is 2.30. The topological polar surface area (TPSA) is 82.1 Å². The summed E-state index contributed by atoms with van der Waals surface area (Å²) < 4.78 is 0. The first-order chi connectivity index (χ1) is 7.18. The Labute approximate surface area is 87.3 Å². The van der Waals surface area contributed by atoms with Crippen molar-refractivity contribution in [3.8, 4) is 0 Å². The number of amides is 1. The summed E-state index contributed by atoms with van der Waals surface area (Å²) in [5, 5.41) is 19.3. The van der Waals surface area contributed by atoms with Gasteiger partial charge in [-0.25, -0.2) is 4.79 Å². The van der Waals surface area contributed by atoms with E-state index in [0.717, 1.165) is 18.5 Å². The molecule has 6 heteroatoms. The van der Waals surface area contributed by atoms with Crippen molar-refractivity contribution >= 4 is 6.09 Å². The first-order valence-electron chi connectivity index (χ1n) is 5.03. The van der Waals surface area contributed by atoms with Crippen LogP contribution in [0.2, 0.25) is 0 Å². The molecule has 0 saturated carbocycles. The molecule has 0 radical (unpaired) electrons. The summed E-state index contributed by atoms with van der Waals surface area (Å²) in [7, 11) is 0. The number of hydrogen-bond acceptors (Lipinski definition) is 3. The molecule has 1 saturated heterocycles. The summed E-state index contributed by atoms with van der Waals surface area (Å²) in [6.45, 7) is 2.51. The predicted octanol–water partition coefficient (Wildman–Crippen LogP) is 1.05. The van der Waals surface area contributed by atoms with E-state index in [4.69, 9.17) is 5.11 Å². The number of hydrogen-bond donors (Lipinski definition) is 2. The summed E-state index contributed by atoms with van der Waals surface area (Å²) in [6, 6.07) is 0.0537. The molecule has 2 heterocycles. The van der Waals surface area contributed by atoms with Crippen LogP contribution in [0.3, 0.4) is 0 Å². The van der Waals surface area contributed by atoms with E-state index in [0.29, 0.717) is 12.5 Å². The van der Waals surface area contributed by atoms with Gasteiger partial charge < -0.3 is 10.0 Å². The maximum Gasteiger partial charge on any atom is 0.407 e. The Morgan fingerprint density at radius 1 is 1.73 bits per heavy atom. The second-order valence-corrected chi connectivity index (χ2v) is 3.94. The number of carbonyl (C=O) groups is 1. The van der Waals surface area contributed by atoms with Crippen molar-refractivity contribution in [1.82, 2.24) is 20.3 Å². The van der Waals surface area contributed by atoms with Crippen LogP contribution in [0.4, 0.5) is 4.79 Å². The number of carboxylic acid groups (broad SMARTS) is 1. The minimum absolute atomic E-state index is 0.0537. The highest BCUT2D eigenvalue weighted by Crippen LogP contribution is 2.29. The fraction of sp³-hybridized carbons (Fsp3) is 0.667. The molecule has 15 heavy (non-hydrogen) atoms. The smallest absolute Gasteiger partial charge is 0.407 e. The Bertz CT molecular complexity index is 338. The molecule has 0 aliphatic carbocycles. The second-order valence-electron chi connectivity index (χ2n) is 3.94. The molecule has 0 spiro atoms. The maximum atomic E-state index is 10.8. The van der Waals surface area contributed by atoms with Gasteiger partial charge >= 0.3 is 6.09 Å². The quantitative estimate of drug-likeness (QED) is 0.725. The highest BCUT2D eigenvalue weighted by molar-refractivity contribution is 5.65. The zero-order chi connectivity index (χ0) is 10.8. The van der Waals surface area contributed by atoms with Gasteiger partial charge in [-0.05, 0) is 19.8 Å². The number of nitrogens with one attached hydrogen (secondary N) is 1. The lowest BCUT2D eigenvalue weighted by atomic mass is 9.90. The van der Waals surface area contributed by atoms with Crippen molar-refractivity contribution in [2.75, 3.05) is 6.54 Å². The first-order valence-corrected chi connectivity index (χ1v) is 5.03. The Morgan fingerprint density at radius 3 is 3.07 bits per heavy atom. The van der Waals surface area contributed by atoms with E-state index in [9.17, 15) is 4.79 Å². The third-order valence-electron chi connectivity index (χ3n) is 2.97. The minimum Gasteiger partial charge on any atom is -0.465 e. The average molecular weight is 210 g/mol. The van der Waals surface area contributed by atoms with Gasteiger partial charge in [0.1, 0.15) is 0 Å². The molecule has 2 rings (SSSR count). The summed E-state index contributed by atoms with van der Waals surface area (Å²) in [6.07, 6.45) is 2.52. The zero-order valence-electron chi connectivity index (χ0n) is 8.55. The van der Waals surface area contributed by atoms with Crippen LogP contribution in [0.25, 0.3) is 0 Å². The summed E-state index contributed by atoms with van der Waals surface area (Å²) in [5.41, 5.74) is 0.937. The van der Waals surface area contributed by atoms with Gasteiger partial charge in [-0.1, -0.05) is 0 Å². The third-order valence-corrected chi connectivity index (χ3v) is 2.97. The molecule has 2 atom stereocenters. The number of aromatic nitrogens is 3. The minimum atomic E-state index is -0.832. The van der Waals surface area contributed by atoms with Crippen molar-refractivity contribution in [3.63, 3.8) is 0 Å². The average Bonchev–Trinajstić information content (AvgIpc) is 2.69. The molecule has 0 bridgehead atoms. The van der Waals surface area contributed by atoms with E-state index < -0.39 is 6.09 Å². The fourth-order valence-corrected chi connectivity index (χ4v) is 2.13. The third kappa shape index (κ3) is 1.93. The van der Waals surface area contributed by atoms with Crippen LogP contribution in [-0.4, -0.2) is 44.1 Å². The van der Waals surface area contributed by atoms with E-state index in [2.05, 4.69) is 15.4 Å². The van der Waals surface area contributed by atoms with Crippen LogP contribution in [0, 0.1) is 0 Å². The maximum absolute atomic E-state index is 10.8. The molecule has 82 valence electrons. The van der Waals surface area contributed by atoms with E-state index in [1.807, 2.05) is 6.92 Å². The first kappa shape index (κ1) is 9.95. The second kappa shape index (κ2) is 3.88. The molecule has 1 aromatic rings. The van der Waals surface area contributed by atoms with Crippen molar-refractivity contribution in [2.24, 2.45) is 0 Å². The number of H-pyrrole nitrogens is 1. The van der Waals surface area contributed by atoms with Gasteiger partial charge in [0, 0.05) is 18.5 Å². The Balaban J connectivity index is 2.03. The van der Waals surface area contributed by atoms with Gasteiger partial charge in [-0.2, -0.15) is 15.4 Å². The Kier molecular flexibility index (Phi) is 2.57. The number of nitrogens with zero attached hydrogens (tertiary/aromatic N) is 3. The van der Waals surface area contributed by atoms with E-state index in [1.165, 1.54) is 4.90 Å². The standard InChI is InChI=1S/C9H14N4O2/c1-6-4-7(8-5-10-12-11-8)2-3-13(6)9(14)15/h5-7H,2-4H2,1H3,(H,14,15)(H,10,11,12). The van der Waals surface area contributed by atoms with Crippen LogP contribution in [0.5, 0.6) is 0 Å². The van der Waals surface area contributed by atoms with Crippen LogP contribution < -0.4 is 0 Å². The molecular formula is C9H14N4O2. The van der Waals surface area contributed by atoms with Gasteiger partial charge in [0.2, 0.25) is 0 Å². The zero-order valence-corrected chi connectivity index (χ0v) is 8.55. The normalized spacial score (nSPS) is 26.6. The van der Waals surface area contributed by atoms with Crippen LogP contribution in [0.15, 0.2) is 6.20 Å². The Hall–Kier alpha value is -1.59. The van der Waals surface area contributed by atoms with Gasteiger partial charge in [-0.3, -0.25) is 0 Å². The molecule has 1 aromatic heterocycles. The van der Waals surface area contributed by atoms with Crippen LogP contribution in [-0.2, 0) is 0 Å². The summed E-state index contributed by atoms with van der Waals surface area (Å²) in [5.74, 6) is 0.328. The SMILES string of the molecule is CC1CC(c2cn[nH]n2)CCN1C(=O)O. The van der Waals surface area contributed by atoms with Gasteiger partial charge in [0.25, 0.3) is 0 Å². The van der Waals surface area contributed by atoms with Gasteiger partial charge in [0.05, 0.1) is 11.9 Å². The van der Waals surface area contributed by atoms with Crippen molar-refractivity contribution < 1.29 is 9.90 Å². The molecule has 1 fully saturated rings. The largest absolute Gasteiger partial charge is 0.465 e. The molecular weight excluding hydrogens is 196 g/mol. The lowest BCUT2D eigenvalue weighted by Gasteiger charge is -2.34. The molecule has 2 unspecified atom stereocenters. The number of rotatable bonds is 1. The number of piperidine rings is 1. The Morgan fingerprint density at radius 2 is 2.53 bits per heavy atom. The molecule has 6 nitrogen and oxygen atoms in total. The summed E-state index contributed by atoms with van der Waals surface area (Å²) in [4.78, 5) is 12.3. The predicted molar refractivity (Wildman–Crippen MR) is 52.6 cm³/mol. The van der Waals surface area contributed by atoms with Crippen LogP contribution in [0.1, 0.15) is 31.4 Å². The molecule has 1 aliphatic heterocycles. The van der Waals surface area contributed by atoms with Crippen LogP contribution >= 0.6 is 0 Å². The monoisotopic (exact) mass is 210 g/mol. The van der Waals surface area contributed by atoms with E-state index in [-0.39, 0.29) is 6.04 Å². The number of aromatic amines is 1. The summed E-state index contributed by atoms with van der Waals surface area (Å²) >= 11 is 0.